The summed E-state index contributed by atoms with van der Waals surface area (Å²) in [6, 6.07) is -2.02. The lowest BCUT2D eigenvalue weighted by Crippen LogP contribution is -2.47. The second-order valence-electron chi connectivity index (χ2n) is 3.81. The fraction of sp³-hybridized carbons (Fsp3) is 0.636. The molecule has 5 nitrogen and oxygen atoms in total. The van der Waals surface area contributed by atoms with Crippen molar-refractivity contribution in [1.29, 1.82) is 0 Å². The summed E-state index contributed by atoms with van der Waals surface area (Å²) in [6.07, 6.45) is -5.32. The quantitative estimate of drug-likeness (QED) is 0.523. The number of rotatable bonds is 8. The molecule has 0 aliphatic carbocycles. The zero-order valence-corrected chi connectivity index (χ0v) is 10.4. The number of aliphatic carboxylic acids is 1. The molecule has 0 aromatic carbocycles. The normalized spacial score (nSPS) is 14.5. The summed E-state index contributed by atoms with van der Waals surface area (Å²) in [6.45, 7) is 4.93. The van der Waals surface area contributed by atoms with Crippen molar-refractivity contribution in [1.82, 2.24) is 5.32 Å². The summed E-state index contributed by atoms with van der Waals surface area (Å²) < 4.78 is 41.3. The van der Waals surface area contributed by atoms with Crippen molar-refractivity contribution in [3.8, 4) is 0 Å². The predicted molar refractivity (Wildman–Crippen MR) is 60.5 cm³/mol. The Labute approximate surface area is 108 Å². The minimum Gasteiger partial charge on any atom is -0.480 e. The van der Waals surface area contributed by atoms with E-state index in [9.17, 15) is 22.8 Å². The van der Waals surface area contributed by atoms with Crippen LogP contribution < -0.4 is 5.32 Å². The highest BCUT2D eigenvalue weighted by molar-refractivity contribution is 5.86. The molecule has 0 spiro atoms. The molecule has 19 heavy (non-hydrogen) atoms. The molecule has 2 atom stereocenters. The number of hydrogen-bond acceptors (Lipinski definition) is 3. The predicted octanol–water partition coefficient (Wildman–Crippen LogP) is 1.49. The first-order valence-corrected chi connectivity index (χ1v) is 5.49. The molecule has 0 rings (SSSR count). The third-order valence-corrected chi connectivity index (χ3v) is 2.11. The van der Waals surface area contributed by atoms with Crippen LogP contribution in [-0.4, -0.2) is 41.9 Å². The Morgan fingerprint density at radius 3 is 2.47 bits per heavy atom. The van der Waals surface area contributed by atoms with Crippen molar-refractivity contribution in [2.75, 3.05) is 6.61 Å². The van der Waals surface area contributed by atoms with E-state index in [1.165, 1.54) is 6.92 Å². The second kappa shape index (κ2) is 7.78. The van der Waals surface area contributed by atoms with Crippen molar-refractivity contribution < 1.29 is 32.6 Å². The molecule has 0 saturated carbocycles. The fourth-order valence-electron chi connectivity index (χ4n) is 1.12. The lowest BCUT2D eigenvalue weighted by molar-refractivity contribution is -0.161. The number of carbonyl (C=O) groups excluding carboxylic acids is 1. The molecule has 0 bridgehead atoms. The van der Waals surface area contributed by atoms with Crippen molar-refractivity contribution >= 4 is 11.9 Å². The summed E-state index contributed by atoms with van der Waals surface area (Å²) >= 11 is 0. The largest absolute Gasteiger partial charge is 0.480 e. The lowest BCUT2D eigenvalue weighted by Gasteiger charge is -2.19. The molecule has 0 saturated heterocycles. The maximum Gasteiger partial charge on any atom is 0.391 e. The second-order valence-corrected chi connectivity index (χ2v) is 3.81. The number of carbonyl (C=O) groups is 2. The van der Waals surface area contributed by atoms with Crippen LogP contribution in [0.2, 0.25) is 0 Å². The third kappa shape index (κ3) is 8.20. The van der Waals surface area contributed by atoms with Crippen molar-refractivity contribution in [3.05, 3.63) is 12.7 Å². The first-order chi connectivity index (χ1) is 8.67. The van der Waals surface area contributed by atoms with E-state index in [1.54, 1.807) is 11.4 Å². The van der Waals surface area contributed by atoms with Crippen LogP contribution >= 0.6 is 0 Å². The number of carboxylic acid groups (broad SMARTS) is 1. The van der Waals surface area contributed by atoms with E-state index in [0.29, 0.717) is 6.42 Å². The van der Waals surface area contributed by atoms with E-state index in [0.717, 1.165) is 0 Å². The molecular formula is C11H16F3NO4. The first-order valence-electron chi connectivity index (χ1n) is 5.49. The topological polar surface area (TPSA) is 75.6 Å². The Balaban J connectivity index is 4.38. The summed E-state index contributed by atoms with van der Waals surface area (Å²) in [5.74, 6) is -2.65. The SMILES string of the molecule is C=CCCOC(C)C(=O)NC(CC(F)(F)F)C(=O)O. The Morgan fingerprint density at radius 2 is 2.05 bits per heavy atom. The highest BCUT2D eigenvalue weighted by Gasteiger charge is 2.36. The highest BCUT2D eigenvalue weighted by Crippen LogP contribution is 2.21. The zero-order valence-electron chi connectivity index (χ0n) is 10.4. The average Bonchev–Trinajstić information content (AvgIpc) is 2.26. The van der Waals surface area contributed by atoms with Gasteiger partial charge >= 0.3 is 12.1 Å². The van der Waals surface area contributed by atoms with E-state index >= 15 is 0 Å². The molecule has 1 amide bonds. The lowest BCUT2D eigenvalue weighted by atomic mass is 10.2. The maximum absolute atomic E-state index is 12.1. The van der Waals surface area contributed by atoms with Gasteiger partial charge in [0.2, 0.25) is 5.91 Å². The Kier molecular flexibility index (Phi) is 7.13. The Morgan fingerprint density at radius 1 is 1.47 bits per heavy atom. The standard InChI is InChI=1S/C11H16F3NO4/c1-3-4-5-19-7(2)9(16)15-8(10(17)18)6-11(12,13)14/h3,7-8H,1,4-6H2,2H3,(H,15,16)(H,17,18). The van der Waals surface area contributed by atoms with Crippen LogP contribution in [0.4, 0.5) is 13.2 Å². The molecule has 2 N–H and O–H groups in total. The van der Waals surface area contributed by atoms with Crippen LogP contribution in [0.3, 0.4) is 0 Å². The molecule has 0 radical (unpaired) electrons. The average molecular weight is 283 g/mol. The Hall–Kier alpha value is -1.57. The monoisotopic (exact) mass is 283 g/mol. The smallest absolute Gasteiger partial charge is 0.391 e. The van der Waals surface area contributed by atoms with Gasteiger partial charge in [-0.1, -0.05) is 6.08 Å². The molecule has 0 aliphatic heterocycles. The van der Waals surface area contributed by atoms with Gasteiger partial charge in [-0.15, -0.1) is 6.58 Å². The summed E-state index contributed by atoms with van der Waals surface area (Å²) in [5, 5.41) is 10.4. The van der Waals surface area contributed by atoms with Gasteiger partial charge in [-0.3, -0.25) is 4.79 Å². The molecule has 0 aromatic rings. The van der Waals surface area contributed by atoms with Gasteiger partial charge in [0.25, 0.3) is 0 Å². The number of amides is 1. The number of ether oxygens (including phenoxy) is 1. The number of halogens is 3. The molecule has 8 heteroatoms. The van der Waals surface area contributed by atoms with E-state index in [4.69, 9.17) is 9.84 Å². The molecule has 0 fully saturated rings. The molecule has 2 unspecified atom stereocenters. The van der Waals surface area contributed by atoms with Crippen LogP contribution in [-0.2, 0) is 14.3 Å². The zero-order chi connectivity index (χ0) is 15.1. The maximum atomic E-state index is 12.1. The van der Waals surface area contributed by atoms with E-state index in [1.807, 2.05) is 0 Å². The molecule has 0 aromatic heterocycles. The minimum absolute atomic E-state index is 0.176. The summed E-state index contributed by atoms with van der Waals surface area (Å²) in [4.78, 5) is 22.1. The van der Waals surface area contributed by atoms with E-state index < -0.39 is 36.6 Å². The summed E-state index contributed by atoms with van der Waals surface area (Å²) in [5.41, 5.74) is 0. The van der Waals surface area contributed by atoms with Crippen LogP contribution in [0, 0.1) is 0 Å². The van der Waals surface area contributed by atoms with Crippen molar-refractivity contribution in [2.24, 2.45) is 0 Å². The van der Waals surface area contributed by atoms with Gasteiger partial charge < -0.3 is 15.2 Å². The van der Waals surface area contributed by atoms with Gasteiger partial charge in [0.05, 0.1) is 13.0 Å². The third-order valence-electron chi connectivity index (χ3n) is 2.11. The van der Waals surface area contributed by atoms with Crippen LogP contribution in [0.25, 0.3) is 0 Å². The van der Waals surface area contributed by atoms with Gasteiger partial charge in [-0.2, -0.15) is 13.2 Å². The number of carboxylic acids is 1. The molecule has 110 valence electrons. The number of nitrogens with one attached hydrogen (secondary N) is 1. The fourth-order valence-corrected chi connectivity index (χ4v) is 1.12. The van der Waals surface area contributed by atoms with Gasteiger partial charge in [0.15, 0.2) is 0 Å². The molecule has 0 aliphatic rings. The van der Waals surface area contributed by atoms with E-state index in [-0.39, 0.29) is 6.61 Å². The van der Waals surface area contributed by atoms with Gasteiger partial charge in [0.1, 0.15) is 12.1 Å². The van der Waals surface area contributed by atoms with Gasteiger partial charge in [-0.25, -0.2) is 4.79 Å². The van der Waals surface area contributed by atoms with Crippen molar-refractivity contribution in [3.63, 3.8) is 0 Å². The molecule has 0 heterocycles. The van der Waals surface area contributed by atoms with Crippen LogP contribution in [0.15, 0.2) is 12.7 Å². The van der Waals surface area contributed by atoms with Gasteiger partial charge in [-0.05, 0) is 13.3 Å². The number of alkyl halides is 3. The number of hydrogen-bond donors (Lipinski definition) is 2. The van der Waals surface area contributed by atoms with Crippen LogP contribution in [0.5, 0.6) is 0 Å². The minimum atomic E-state index is -4.68. The highest BCUT2D eigenvalue weighted by atomic mass is 19.4. The molecular weight excluding hydrogens is 267 g/mol. The van der Waals surface area contributed by atoms with Crippen LogP contribution in [0.1, 0.15) is 19.8 Å². The van der Waals surface area contributed by atoms with E-state index in [2.05, 4.69) is 6.58 Å². The first kappa shape index (κ1) is 17.4. The van der Waals surface area contributed by atoms with Crippen molar-refractivity contribution in [2.45, 2.75) is 38.1 Å². The summed E-state index contributed by atoms with van der Waals surface area (Å²) in [7, 11) is 0. The van der Waals surface area contributed by atoms with Gasteiger partial charge in [0, 0.05) is 0 Å². The Bertz CT molecular complexity index is 330.